The SMILES string of the molecule is Cc1cc(C)c2c(c1)C(=O)CC1(CCN(S(=O)(=O)C3CC3)CC1)O2. The fourth-order valence-corrected chi connectivity index (χ4v) is 5.79. The summed E-state index contributed by atoms with van der Waals surface area (Å²) >= 11 is 0. The van der Waals surface area contributed by atoms with E-state index >= 15 is 0 Å². The van der Waals surface area contributed by atoms with Crippen LogP contribution in [0.3, 0.4) is 0 Å². The highest BCUT2D eigenvalue weighted by Crippen LogP contribution is 2.42. The number of carbonyl (C=O) groups excluding carboxylic acids is 1. The van der Waals surface area contributed by atoms with Crippen LogP contribution in [0.1, 0.15) is 53.6 Å². The van der Waals surface area contributed by atoms with E-state index in [9.17, 15) is 13.2 Å². The molecule has 1 aromatic rings. The fraction of sp³-hybridized carbons (Fsp3) is 0.611. The summed E-state index contributed by atoms with van der Waals surface area (Å²) in [6.07, 6.45) is 3.07. The van der Waals surface area contributed by atoms with E-state index in [1.165, 1.54) is 0 Å². The molecule has 0 radical (unpaired) electrons. The molecule has 5 nitrogen and oxygen atoms in total. The van der Waals surface area contributed by atoms with Crippen molar-refractivity contribution in [2.75, 3.05) is 13.1 Å². The topological polar surface area (TPSA) is 63.7 Å². The van der Waals surface area contributed by atoms with Gasteiger partial charge in [-0.25, -0.2) is 12.7 Å². The summed E-state index contributed by atoms with van der Waals surface area (Å²) in [7, 11) is -3.14. The number of hydrogen-bond donors (Lipinski definition) is 0. The highest BCUT2D eigenvalue weighted by molar-refractivity contribution is 7.90. The van der Waals surface area contributed by atoms with Crippen molar-refractivity contribution in [2.45, 2.75) is 56.8 Å². The number of fused-ring (bicyclic) bond motifs is 1. The Morgan fingerprint density at radius 2 is 1.83 bits per heavy atom. The Balaban J connectivity index is 1.57. The van der Waals surface area contributed by atoms with Gasteiger partial charge in [0, 0.05) is 25.9 Å². The minimum atomic E-state index is -3.14. The number of benzene rings is 1. The number of ketones is 1. The second-order valence-corrected chi connectivity index (χ2v) is 9.70. The van der Waals surface area contributed by atoms with Gasteiger partial charge in [-0.2, -0.15) is 0 Å². The molecule has 0 unspecified atom stereocenters. The van der Waals surface area contributed by atoms with Crippen LogP contribution in [0.15, 0.2) is 12.1 Å². The molecule has 130 valence electrons. The second kappa shape index (κ2) is 5.30. The van der Waals surface area contributed by atoms with Gasteiger partial charge >= 0.3 is 0 Å². The minimum Gasteiger partial charge on any atom is -0.486 e. The monoisotopic (exact) mass is 349 g/mol. The number of carbonyl (C=O) groups is 1. The zero-order valence-corrected chi connectivity index (χ0v) is 15.0. The number of rotatable bonds is 2. The number of Topliss-reactive ketones (excluding diaryl/α,β-unsaturated/α-hetero) is 1. The van der Waals surface area contributed by atoms with Gasteiger partial charge in [0.05, 0.1) is 17.2 Å². The van der Waals surface area contributed by atoms with Gasteiger partial charge in [0.25, 0.3) is 0 Å². The Morgan fingerprint density at radius 3 is 2.46 bits per heavy atom. The van der Waals surface area contributed by atoms with Gasteiger partial charge in [-0.05, 0) is 43.9 Å². The molecular formula is C18H23NO4S. The Morgan fingerprint density at radius 1 is 1.17 bits per heavy atom. The number of piperidine rings is 1. The molecule has 4 rings (SSSR count). The molecule has 1 aliphatic carbocycles. The van der Waals surface area contributed by atoms with E-state index in [1.807, 2.05) is 26.0 Å². The van der Waals surface area contributed by atoms with Crippen LogP contribution in [0.25, 0.3) is 0 Å². The van der Waals surface area contributed by atoms with Gasteiger partial charge in [-0.1, -0.05) is 6.07 Å². The van der Waals surface area contributed by atoms with Crippen LogP contribution >= 0.6 is 0 Å². The molecule has 1 saturated heterocycles. The number of hydrogen-bond acceptors (Lipinski definition) is 4. The second-order valence-electron chi connectivity index (χ2n) is 7.49. The van der Waals surface area contributed by atoms with Crippen molar-refractivity contribution in [2.24, 2.45) is 0 Å². The summed E-state index contributed by atoms with van der Waals surface area (Å²) in [4.78, 5) is 12.6. The van der Waals surface area contributed by atoms with Crippen LogP contribution < -0.4 is 4.74 Å². The molecule has 1 saturated carbocycles. The molecule has 0 N–H and O–H groups in total. The van der Waals surface area contributed by atoms with Crippen molar-refractivity contribution < 1.29 is 17.9 Å². The lowest BCUT2D eigenvalue weighted by atomic mass is 9.82. The van der Waals surface area contributed by atoms with Gasteiger partial charge < -0.3 is 4.74 Å². The normalized spacial score (nSPS) is 23.8. The Hall–Kier alpha value is -1.40. The van der Waals surface area contributed by atoms with E-state index in [0.29, 0.717) is 43.7 Å². The lowest BCUT2D eigenvalue weighted by molar-refractivity contribution is 0.00531. The first-order valence-corrected chi connectivity index (χ1v) is 10.1. The quantitative estimate of drug-likeness (QED) is 0.823. The van der Waals surface area contributed by atoms with Crippen LogP contribution in [-0.4, -0.2) is 42.4 Å². The number of aryl methyl sites for hydroxylation is 2. The third kappa shape index (κ3) is 2.56. The van der Waals surface area contributed by atoms with Crippen LogP contribution in [0.2, 0.25) is 0 Å². The van der Waals surface area contributed by atoms with Crippen molar-refractivity contribution in [3.63, 3.8) is 0 Å². The fourth-order valence-electron chi connectivity index (χ4n) is 3.94. The van der Waals surface area contributed by atoms with Crippen molar-refractivity contribution in [3.8, 4) is 5.75 Å². The molecule has 3 aliphatic rings. The van der Waals surface area contributed by atoms with E-state index in [0.717, 1.165) is 24.0 Å². The number of sulfonamides is 1. The third-order valence-corrected chi connectivity index (χ3v) is 7.86. The lowest BCUT2D eigenvalue weighted by Gasteiger charge is -2.44. The van der Waals surface area contributed by atoms with Crippen molar-refractivity contribution in [3.05, 3.63) is 28.8 Å². The zero-order valence-electron chi connectivity index (χ0n) is 14.2. The number of nitrogens with zero attached hydrogens (tertiary/aromatic N) is 1. The molecule has 1 spiro atoms. The predicted octanol–water partition coefficient (Wildman–Crippen LogP) is 2.60. The van der Waals surface area contributed by atoms with Crippen molar-refractivity contribution in [1.82, 2.24) is 4.31 Å². The van der Waals surface area contributed by atoms with Gasteiger partial charge in [0.2, 0.25) is 10.0 Å². The summed E-state index contributed by atoms with van der Waals surface area (Å²) in [6, 6.07) is 3.92. The average molecular weight is 349 g/mol. The minimum absolute atomic E-state index is 0.113. The summed E-state index contributed by atoms with van der Waals surface area (Å²) in [5.74, 6) is 0.803. The Bertz CT molecular complexity index is 803. The predicted molar refractivity (Wildman–Crippen MR) is 91.0 cm³/mol. The van der Waals surface area contributed by atoms with Gasteiger partial charge in [-0.15, -0.1) is 0 Å². The molecule has 1 aromatic carbocycles. The van der Waals surface area contributed by atoms with E-state index in [-0.39, 0.29) is 11.0 Å². The van der Waals surface area contributed by atoms with Crippen molar-refractivity contribution in [1.29, 1.82) is 0 Å². The van der Waals surface area contributed by atoms with Crippen LogP contribution in [0, 0.1) is 13.8 Å². The molecule has 0 atom stereocenters. The summed E-state index contributed by atoms with van der Waals surface area (Å²) in [5.41, 5.74) is 2.17. The molecular weight excluding hydrogens is 326 g/mol. The summed E-state index contributed by atoms with van der Waals surface area (Å²) in [5, 5.41) is -0.175. The third-order valence-electron chi connectivity index (χ3n) is 5.46. The lowest BCUT2D eigenvalue weighted by Crippen LogP contribution is -2.52. The molecule has 0 aromatic heterocycles. The summed E-state index contributed by atoms with van der Waals surface area (Å²) < 4.78 is 32.7. The molecule has 2 aliphatic heterocycles. The van der Waals surface area contributed by atoms with Crippen LogP contribution in [-0.2, 0) is 10.0 Å². The molecule has 0 bridgehead atoms. The maximum atomic E-state index is 12.6. The molecule has 24 heavy (non-hydrogen) atoms. The molecule has 6 heteroatoms. The first kappa shape index (κ1) is 16.1. The van der Waals surface area contributed by atoms with Crippen molar-refractivity contribution >= 4 is 15.8 Å². The first-order valence-electron chi connectivity index (χ1n) is 8.63. The van der Waals surface area contributed by atoms with E-state index in [1.54, 1.807) is 4.31 Å². The molecule has 0 amide bonds. The standard InChI is InChI=1S/C18H23NO4S/c1-12-9-13(2)17-15(10-12)16(20)11-18(23-17)5-7-19(8-6-18)24(21,22)14-3-4-14/h9-10,14H,3-8,11H2,1-2H3. The van der Waals surface area contributed by atoms with E-state index in [4.69, 9.17) is 4.74 Å². The first-order chi connectivity index (χ1) is 11.3. The van der Waals surface area contributed by atoms with E-state index in [2.05, 4.69) is 0 Å². The zero-order chi connectivity index (χ0) is 17.1. The smallest absolute Gasteiger partial charge is 0.216 e. The molecule has 2 fully saturated rings. The Kier molecular flexibility index (Phi) is 3.55. The van der Waals surface area contributed by atoms with Gasteiger partial charge in [-0.3, -0.25) is 4.79 Å². The molecule has 2 heterocycles. The highest BCUT2D eigenvalue weighted by Gasteiger charge is 2.47. The highest BCUT2D eigenvalue weighted by atomic mass is 32.2. The largest absolute Gasteiger partial charge is 0.486 e. The van der Waals surface area contributed by atoms with Crippen LogP contribution in [0.4, 0.5) is 0 Å². The van der Waals surface area contributed by atoms with E-state index < -0.39 is 15.6 Å². The Labute approximate surface area is 143 Å². The average Bonchev–Trinajstić information content (AvgIpc) is 3.34. The van der Waals surface area contributed by atoms with Crippen LogP contribution in [0.5, 0.6) is 5.75 Å². The number of ether oxygens (including phenoxy) is 1. The maximum absolute atomic E-state index is 12.6. The van der Waals surface area contributed by atoms with Gasteiger partial charge in [0.15, 0.2) is 5.78 Å². The summed E-state index contributed by atoms with van der Waals surface area (Å²) in [6.45, 7) is 4.84. The maximum Gasteiger partial charge on any atom is 0.216 e. The van der Waals surface area contributed by atoms with Gasteiger partial charge in [0.1, 0.15) is 11.4 Å².